The van der Waals surface area contributed by atoms with Crippen molar-refractivity contribution in [3.63, 3.8) is 0 Å². The van der Waals surface area contributed by atoms with Gasteiger partial charge in [-0.25, -0.2) is 0 Å². The second-order valence-electron chi connectivity index (χ2n) is 7.02. The van der Waals surface area contributed by atoms with Crippen LogP contribution < -0.4 is 15.4 Å². The second kappa shape index (κ2) is 9.56. The van der Waals surface area contributed by atoms with Crippen molar-refractivity contribution in [2.45, 2.75) is 40.2 Å². The number of anilines is 1. The van der Waals surface area contributed by atoms with E-state index in [-0.39, 0.29) is 28.0 Å². The number of aliphatic hydroxyl groups excluding tert-OH is 1. The maximum Gasteiger partial charge on any atom is 0.291 e. The van der Waals surface area contributed by atoms with Crippen molar-refractivity contribution < 1.29 is 24.7 Å². The van der Waals surface area contributed by atoms with Crippen molar-refractivity contribution in [2.24, 2.45) is 0 Å². The lowest BCUT2D eigenvalue weighted by molar-refractivity contribution is 0.0291. The molecule has 2 aromatic rings. The molecule has 0 spiro atoms. The zero-order chi connectivity index (χ0) is 21.7. The Kier molecular flexibility index (Phi) is 7.39. The summed E-state index contributed by atoms with van der Waals surface area (Å²) in [6, 6.07) is 6.67. The quantitative estimate of drug-likeness (QED) is 0.469. The molecule has 0 amide bonds. The van der Waals surface area contributed by atoms with E-state index in [0.717, 1.165) is 16.7 Å². The first-order valence-electron chi connectivity index (χ1n) is 9.13. The maximum atomic E-state index is 12.3. The van der Waals surface area contributed by atoms with Crippen LogP contribution in [-0.4, -0.2) is 22.6 Å². The summed E-state index contributed by atoms with van der Waals surface area (Å²) in [5, 5.41) is 28.6. The maximum absolute atomic E-state index is 12.3. The molecule has 0 radical (unpaired) electrons. The summed E-state index contributed by atoms with van der Waals surface area (Å²) in [5.74, 6) is 0.320. The molecule has 1 heterocycles. The molecule has 1 unspecified atom stereocenters. The number of rotatable bonds is 7. The Bertz CT molecular complexity index is 970. The van der Waals surface area contributed by atoms with E-state index in [1.165, 1.54) is 7.11 Å². The number of allylic oxidation sites excluding steroid dienone is 2. The highest BCUT2D eigenvalue weighted by molar-refractivity contribution is 5.58. The number of methoxy groups -OCH3 is 1. The van der Waals surface area contributed by atoms with Crippen LogP contribution in [0.3, 0.4) is 0 Å². The largest absolute Gasteiger partial charge is 0.468 e. The van der Waals surface area contributed by atoms with Crippen LogP contribution in [0.1, 0.15) is 48.8 Å². The molecule has 156 valence electrons. The van der Waals surface area contributed by atoms with Gasteiger partial charge in [0.1, 0.15) is 11.9 Å². The highest BCUT2D eigenvalue weighted by Crippen LogP contribution is 2.28. The molecule has 0 saturated heterocycles. The number of hydrogen-bond acceptors (Lipinski definition) is 7. The minimum Gasteiger partial charge on any atom is -0.468 e. The molecule has 1 aromatic carbocycles. The number of hydrogen-bond donors (Lipinski definition) is 3. The van der Waals surface area contributed by atoms with Crippen LogP contribution in [0.4, 0.5) is 5.69 Å². The van der Waals surface area contributed by atoms with Gasteiger partial charge in [0.15, 0.2) is 5.43 Å². The van der Waals surface area contributed by atoms with Crippen molar-refractivity contribution in [1.29, 1.82) is 0 Å². The molecule has 0 fully saturated rings. The van der Waals surface area contributed by atoms with E-state index in [1.807, 2.05) is 26.0 Å². The summed E-state index contributed by atoms with van der Waals surface area (Å²) < 4.78 is 10.7. The second-order valence-corrected chi connectivity index (χ2v) is 7.02. The molecule has 3 N–H and O–H groups in total. The van der Waals surface area contributed by atoms with Gasteiger partial charge in [-0.05, 0) is 45.4 Å². The first-order chi connectivity index (χ1) is 13.6. The van der Waals surface area contributed by atoms with Crippen LogP contribution in [-0.2, 0) is 0 Å². The summed E-state index contributed by atoms with van der Waals surface area (Å²) in [4.78, 5) is 12.3. The molecule has 1 atom stereocenters. The van der Waals surface area contributed by atoms with Gasteiger partial charge in [-0.3, -0.25) is 15.2 Å². The lowest BCUT2D eigenvalue weighted by Gasteiger charge is -2.15. The third kappa shape index (κ3) is 5.57. The summed E-state index contributed by atoms with van der Waals surface area (Å²) in [5.41, 5.74) is 3.56. The number of aliphatic hydroxyl groups is 1. The Morgan fingerprint density at radius 3 is 2.34 bits per heavy atom. The van der Waals surface area contributed by atoms with Gasteiger partial charge in [-0.15, -0.1) is 5.23 Å². The van der Waals surface area contributed by atoms with E-state index < -0.39 is 6.10 Å². The number of nitrogens with zero attached hydrogens (tertiary/aromatic N) is 1. The van der Waals surface area contributed by atoms with E-state index in [9.17, 15) is 9.90 Å². The molecule has 2 rings (SSSR count). The van der Waals surface area contributed by atoms with Gasteiger partial charge in [0.05, 0.1) is 18.4 Å². The smallest absolute Gasteiger partial charge is 0.291 e. The van der Waals surface area contributed by atoms with Crippen LogP contribution in [0.15, 0.2) is 50.7 Å². The molecular formula is C22H27NO6. The Morgan fingerprint density at radius 2 is 1.79 bits per heavy atom. The third-order valence-corrected chi connectivity index (χ3v) is 4.56. The highest BCUT2D eigenvalue weighted by atomic mass is 16.8. The van der Waals surface area contributed by atoms with Crippen LogP contribution in [0.5, 0.6) is 5.95 Å². The van der Waals surface area contributed by atoms with Crippen molar-refractivity contribution in [1.82, 2.24) is 0 Å². The lowest BCUT2D eigenvalue weighted by Crippen LogP contribution is -2.15. The van der Waals surface area contributed by atoms with Crippen molar-refractivity contribution >= 4 is 11.8 Å². The Hall–Kier alpha value is -2.87. The first-order valence-corrected chi connectivity index (χ1v) is 9.13. The highest BCUT2D eigenvalue weighted by Gasteiger charge is 2.20. The summed E-state index contributed by atoms with van der Waals surface area (Å²) in [6.07, 6.45) is 3.18. The fourth-order valence-electron chi connectivity index (χ4n) is 3.11. The lowest BCUT2D eigenvalue weighted by atomic mass is 10.0. The molecule has 7 nitrogen and oxygen atoms in total. The Balaban J connectivity index is 2.18. The first kappa shape index (κ1) is 22.4. The summed E-state index contributed by atoms with van der Waals surface area (Å²) >= 11 is 0. The van der Waals surface area contributed by atoms with Crippen molar-refractivity contribution in [3.05, 3.63) is 74.2 Å². The molecule has 0 saturated carbocycles. The number of benzene rings is 1. The zero-order valence-electron chi connectivity index (χ0n) is 17.3. The molecular weight excluding hydrogens is 374 g/mol. The van der Waals surface area contributed by atoms with Gasteiger partial charge in [0.25, 0.3) is 5.95 Å². The Morgan fingerprint density at radius 1 is 1.17 bits per heavy atom. The average Bonchev–Trinajstić information content (AvgIpc) is 2.66. The van der Waals surface area contributed by atoms with Crippen molar-refractivity contribution in [2.75, 3.05) is 12.3 Å². The van der Waals surface area contributed by atoms with Crippen LogP contribution in [0.2, 0.25) is 0 Å². The van der Waals surface area contributed by atoms with E-state index in [1.54, 1.807) is 38.1 Å². The fourth-order valence-corrected chi connectivity index (χ4v) is 3.11. The topological polar surface area (TPSA) is 103 Å². The normalized spacial score (nSPS) is 13.4. The van der Waals surface area contributed by atoms with Gasteiger partial charge in [0, 0.05) is 12.0 Å². The SMILES string of the molecule is COc1oc(C(O)CC(C)=CC(C)=Cc2ccc(N(O)O)cc2)c(C)c(=O)c1C. The predicted molar refractivity (Wildman–Crippen MR) is 110 cm³/mol. The van der Waals surface area contributed by atoms with Gasteiger partial charge < -0.3 is 14.3 Å². The van der Waals surface area contributed by atoms with E-state index >= 15 is 0 Å². The van der Waals surface area contributed by atoms with E-state index in [2.05, 4.69) is 0 Å². The van der Waals surface area contributed by atoms with E-state index in [4.69, 9.17) is 19.6 Å². The minimum atomic E-state index is -0.972. The Labute approximate surface area is 169 Å². The van der Waals surface area contributed by atoms with Crippen molar-refractivity contribution in [3.8, 4) is 5.95 Å². The molecule has 29 heavy (non-hydrogen) atoms. The summed E-state index contributed by atoms with van der Waals surface area (Å²) in [6.45, 7) is 7.06. The molecule has 1 aromatic heterocycles. The van der Waals surface area contributed by atoms with Crippen LogP contribution in [0, 0.1) is 13.8 Å². The number of ether oxygens (including phenoxy) is 1. The minimum absolute atomic E-state index is 0.0617. The van der Waals surface area contributed by atoms with Crippen LogP contribution >= 0.6 is 0 Å². The van der Waals surface area contributed by atoms with Gasteiger partial charge >= 0.3 is 0 Å². The van der Waals surface area contributed by atoms with Gasteiger partial charge in [-0.1, -0.05) is 35.4 Å². The van der Waals surface area contributed by atoms with Gasteiger partial charge in [0.2, 0.25) is 0 Å². The molecule has 0 bridgehead atoms. The molecule has 7 heteroatoms. The van der Waals surface area contributed by atoms with Gasteiger partial charge in [-0.2, -0.15) is 0 Å². The molecule has 0 aliphatic rings. The average molecular weight is 401 g/mol. The van der Waals surface area contributed by atoms with E-state index in [0.29, 0.717) is 17.5 Å². The van der Waals surface area contributed by atoms with Crippen LogP contribution in [0.25, 0.3) is 6.08 Å². The zero-order valence-corrected chi connectivity index (χ0v) is 17.3. The standard InChI is InChI=1S/C22H27NO6/c1-13(11-17-6-8-18(9-7-17)23(26)27)10-14(2)12-19(24)21-15(3)20(25)16(4)22(28-5)29-21/h6-11,19,24,26-27H,12H2,1-5H3. The predicted octanol–water partition coefficient (Wildman–Crippen LogP) is 4.32. The third-order valence-electron chi connectivity index (χ3n) is 4.56. The molecule has 0 aliphatic carbocycles. The summed E-state index contributed by atoms with van der Waals surface area (Å²) in [7, 11) is 1.42. The fraction of sp³-hybridized carbons (Fsp3) is 0.318. The monoisotopic (exact) mass is 401 g/mol. The molecule has 0 aliphatic heterocycles.